The number of esters is 5. The Morgan fingerprint density at radius 1 is 0.419 bits per heavy atom. The van der Waals surface area contributed by atoms with Gasteiger partial charge in [0.2, 0.25) is 9.84 Å². The van der Waals surface area contributed by atoms with Gasteiger partial charge in [0.05, 0.1) is 55.8 Å². The van der Waals surface area contributed by atoms with Crippen LogP contribution in [0.25, 0.3) is 0 Å². The summed E-state index contributed by atoms with van der Waals surface area (Å²) in [6.45, 7) is 20.2. The fraction of sp³-hybridized carbons (Fsp3) is 0.365. The number of hydrogen-bond donors (Lipinski definition) is 0. The lowest BCUT2D eigenvalue weighted by molar-refractivity contribution is -0.154. The first-order valence-corrected chi connectivity index (χ1v) is 36.2. The van der Waals surface area contributed by atoms with Crippen molar-refractivity contribution < 1.29 is 72.9 Å². The van der Waals surface area contributed by atoms with Gasteiger partial charge in [-0.05, 0) is 64.1 Å². The van der Waals surface area contributed by atoms with Crippen LogP contribution in [0.15, 0.2) is 215 Å². The summed E-state index contributed by atoms with van der Waals surface area (Å²) >= 11 is 0. The first-order valence-electron chi connectivity index (χ1n) is 31.0. The fourth-order valence-corrected chi connectivity index (χ4v) is 12.5. The van der Waals surface area contributed by atoms with Crippen LogP contribution in [0, 0.1) is 29.6 Å². The van der Waals surface area contributed by atoms with Gasteiger partial charge in [-0.1, -0.05) is 252 Å². The van der Waals surface area contributed by atoms with Crippen molar-refractivity contribution >= 4 is 59.4 Å². The molecule has 16 nitrogen and oxygen atoms in total. The molecular formula is C74H90O16S3. The zero-order valence-electron chi connectivity index (χ0n) is 55.2. The Bertz CT molecular complexity index is 3690. The Balaban J connectivity index is 0.000000250. The Hall–Kier alpha value is -8.26. The third kappa shape index (κ3) is 25.6. The number of hydrogen-bond acceptors (Lipinski definition) is 16. The molecule has 7 aromatic rings. The van der Waals surface area contributed by atoms with Gasteiger partial charge in [-0.25, -0.2) is 25.3 Å². The van der Waals surface area contributed by atoms with E-state index in [4.69, 9.17) is 23.7 Å². The third-order valence-corrected chi connectivity index (χ3v) is 18.6. The monoisotopic (exact) mass is 1330 g/mol. The maximum Gasteiger partial charge on any atom is 0.309 e. The molecule has 8 rings (SSSR count). The summed E-state index contributed by atoms with van der Waals surface area (Å²) in [6, 6.07) is 61.0. The van der Waals surface area contributed by atoms with E-state index in [-0.39, 0.29) is 101 Å². The van der Waals surface area contributed by atoms with E-state index in [1.807, 2.05) is 107 Å². The lowest BCUT2D eigenvalue weighted by Gasteiger charge is -2.28. The summed E-state index contributed by atoms with van der Waals surface area (Å²) in [6.07, 6.45) is 1.09. The molecule has 1 aliphatic rings. The highest BCUT2D eigenvalue weighted by Gasteiger charge is 2.36. The lowest BCUT2D eigenvalue weighted by Crippen LogP contribution is -2.24. The molecular weight excluding hydrogens is 1240 g/mol. The summed E-state index contributed by atoms with van der Waals surface area (Å²) in [7, 11) is -10.1. The number of fused-ring (bicyclic) bond motifs is 2. The molecule has 0 aliphatic carbocycles. The van der Waals surface area contributed by atoms with E-state index in [0.29, 0.717) is 33.1 Å². The minimum absolute atomic E-state index is 0.0669. The van der Waals surface area contributed by atoms with Gasteiger partial charge in [0, 0.05) is 18.1 Å². The SMILES string of the molecule is CC(C)C(=O)OC(CS(C)(=O)=O)c1ccccc1.CC(C)C(=O)OCC(c1ccccc1)c1ccccc1.CC(C)C(=O)OCC1c2ccccc2S(=O)(=O)c2ccccc21.CC(C)C(=O)OCCS(=O)(=O)c1ccccc1.CCC(OC(=O)C(C)C)c1ccccc1. The molecule has 2 atom stereocenters. The topological polar surface area (TPSA) is 234 Å². The molecule has 0 radical (unpaired) electrons. The van der Waals surface area contributed by atoms with E-state index in [1.165, 1.54) is 12.1 Å². The predicted molar refractivity (Wildman–Crippen MR) is 361 cm³/mol. The third-order valence-electron chi connectivity index (χ3n) is 14.1. The van der Waals surface area contributed by atoms with Crippen LogP contribution < -0.4 is 0 Å². The second-order valence-corrected chi connectivity index (χ2v) is 29.7. The molecule has 500 valence electrons. The van der Waals surface area contributed by atoms with Crippen molar-refractivity contribution in [2.45, 2.75) is 121 Å². The molecule has 1 heterocycles. The van der Waals surface area contributed by atoms with Crippen LogP contribution >= 0.6 is 0 Å². The molecule has 0 saturated carbocycles. The molecule has 0 spiro atoms. The van der Waals surface area contributed by atoms with Crippen LogP contribution in [0.1, 0.15) is 140 Å². The number of benzene rings is 7. The Labute approximate surface area is 551 Å². The van der Waals surface area contributed by atoms with Gasteiger partial charge in [0.1, 0.15) is 32.0 Å². The number of ether oxygens (including phenoxy) is 5. The molecule has 0 fully saturated rings. The average Bonchev–Trinajstić information content (AvgIpc) is 0.747. The minimum atomic E-state index is -3.53. The largest absolute Gasteiger partial charge is 0.464 e. The Kier molecular flexibility index (Phi) is 31.6. The summed E-state index contributed by atoms with van der Waals surface area (Å²) in [5, 5.41) is 0. The minimum Gasteiger partial charge on any atom is -0.464 e. The molecule has 0 bridgehead atoms. The first kappa shape index (κ1) is 77.2. The van der Waals surface area contributed by atoms with Crippen LogP contribution in [0.2, 0.25) is 0 Å². The highest BCUT2D eigenvalue weighted by molar-refractivity contribution is 7.92. The van der Waals surface area contributed by atoms with E-state index in [2.05, 4.69) is 24.3 Å². The van der Waals surface area contributed by atoms with Crippen LogP contribution in [-0.4, -0.2) is 92.7 Å². The second kappa shape index (κ2) is 38.1. The molecule has 0 amide bonds. The van der Waals surface area contributed by atoms with E-state index in [1.54, 1.807) is 133 Å². The van der Waals surface area contributed by atoms with Crippen LogP contribution in [0.5, 0.6) is 0 Å². The average molecular weight is 1330 g/mol. The fourth-order valence-electron chi connectivity index (χ4n) is 8.82. The molecule has 7 aromatic carbocycles. The summed E-state index contributed by atoms with van der Waals surface area (Å²) < 4.78 is 98.2. The molecule has 2 unspecified atom stereocenters. The molecule has 1 aliphatic heterocycles. The van der Waals surface area contributed by atoms with Gasteiger partial charge < -0.3 is 23.7 Å². The predicted octanol–water partition coefficient (Wildman–Crippen LogP) is 14.1. The standard InChI is InChI=1S/C18H18O4S.C18H20O2.C13H18O4S.C13H18O2.C12H16O4S/c1-12(2)18(19)22-11-15-13-7-3-5-9-16(13)23(20,21)17-10-6-4-8-14(15)17;1-14(2)18(19)20-13-17(15-9-5-3-6-10-15)16-11-7-4-8-12-16;1-10(2)13(14)17-12(9-18(3,15)16)11-7-5-4-6-8-11;1-4-12(15-13(14)10(2)3)11-8-6-5-7-9-11;1-10(2)12(13)16-8-9-17(14,15)11-6-4-3-5-7-11/h3-10,12,15H,11H2,1-2H3;3-12,14,17H,13H2,1-2H3;4-8,10,12H,9H2,1-3H3;5-10,12H,4H2,1-3H3;3-7,10H,8-9H2,1-2H3. The second-order valence-electron chi connectivity index (χ2n) is 23.5. The van der Waals surface area contributed by atoms with E-state index >= 15 is 0 Å². The number of rotatable bonds is 22. The van der Waals surface area contributed by atoms with Gasteiger partial charge in [-0.15, -0.1) is 0 Å². The zero-order valence-corrected chi connectivity index (χ0v) is 57.7. The van der Waals surface area contributed by atoms with Crippen LogP contribution in [0.4, 0.5) is 0 Å². The molecule has 19 heteroatoms. The molecule has 0 saturated heterocycles. The Morgan fingerprint density at radius 3 is 1.14 bits per heavy atom. The molecule has 93 heavy (non-hydrogen) atoms. The van der Waals surface area contributed by atoms with Gasteiger partial charge in [-0.2, -0.15) is 0 Å². The van der Waals surface area contributed by atoms with Crippen molar-refractivity contribution in [1.29, 1.82) is 0 Å². The van der Waals surface area contributed by atoms with Gasteiger partial charge in [-0.3, -0.25) is 24.0 Å². The molecule has 0 aromatic heterocycles. The highest BCUT2D eigenvalue weighted by atomic mass is 32.2. The van der Waals surface area contributed by atoms with Crippen molar-refractivity contribution in [1.82, 2.24) is 0 Å². The van der Waals surface area contributed by atoms with Gasteiger partial charge in [0.15, 0.2) is 19.7 Å². The maximum atomic E-state index is 12.8. The lowest BCUT2D eigenvalue weighted by atomic mass is 9.91. The normalized spacial score (nSPS) is 12.9. The van der Waals surface area contributed by atoms with Crippen molar-refractivity contribution in [3.8, 4) is 0 Å². The van der Waals surface area contributed by atoms with Gasteiger partial charge in [0.25, 0.3) is 0 Å². The number of carbonyl (C=O) groups excluding carboxylic acids is 5. The van der Waals surface area contributed by atoms with E-state index in [0.717, 1.165) is 29.4 Å². The van der Waals surface area contributed by atoms with Crippen LogP contribution in [-0.2, 0) is 77.2 Å². The quantitative estimate of drug-likeness (QED) is 0.0453. The van der Waals surface area contributed by atoms with Crippen molar-refractivity contribution in [2.24, 2.45) is 29.6 Å². The Morgan fingerprint density at radius 2 is 0.753 bits per heavy atom. The number of carbonyl (C=O) groups is 5. The zero-order chi connectivity index (χ0) is 68.9. The molecule has 0 N–H and O–H groups in total. The van der Waals surface area contributed by atoms with Crippen LogP contribution in [0.3, 0.4) is 0 Å². The summed E-state index contributed by atoms with van der Waals surface area (Å²) in [4.78, 5) is 58.5. The summed E-state index contributed by atoms with van der Waals surface area (Å²) in [5.41, 5.74) is 5.45. The smallest absolute Gasteiger partial charge is 0.309 e. The van der Waals surface area contributed by atoms with Crippen molar-refractivity contribution in [3.05, 3.63) is 234 Å². The maximum absolute atomic E-state index is 12.8. The van der Waals surface area contributed by atoms with E-state index in [9.17, 15) is 49.2 Å². The first-order chi connectivity index (χ1) is 44.0. The van der Waals surface area contributed by atoms with Gasteiger partial charge >= 0.3 is 29.8 Å². The van der Waals surface area contributed by atoms with Crippen molar-refractivity contribution in [3.63, 3.8) is 0 Å². The highest BCUT2D eigenvalue weighted by Crippen LogP contribution is 2.42. The summed E-state index contributed by atoms with van der Waals surface area (Å²) in [5.74, 6) is -2.82. The number of sulfone groups is 3. The van der Waals surface area contributed by atoms with Crippen molar-refractivity contribution in [2.75, 3.05) is 37.6 Å². The van der Waals surface area contributed by atoms with E-state index < -0.39 is 41.6 Å².